The van der Waals surface area contributed by atoms with Crippen LogP contribution in [0.15, 0.2) is 59.6 Å². The quantitative estimate of drug-likeness (QED) is 0.755. The Kier molecular flexibility index (Phi) is 3.97. The van der Waals surface area contributed by atoms with Gasteiger partial charge in [-0.3, -0.25) is 0 Å². The number of para-hydroxylation sites is 2. The average molecular weight is 349 g/mol. The number of nitrogens with one attached hydrogen (secondary N) is 1. The summed E-state index contributed by atoms with van der Waals surface area (Å²) in [5, 5.41) is 0.677. The maximum atomic E-state index is 6.08. The second-order valence-corrected chi connectivity index (χ2v) is 7.29. The fourth-order valence-corrected chi connectivity index (χ4v) is 3.72. The highest BCUT2D eigenvalue weighted by Gasteiger charge is 2.20. The van der Waals surface area contributed by atoms with Gasteiger partial charge in [-0.2, -0.15) is 0 Å². The molecule has 25 heavy (non-hydrogen) atoms. The zero-order valence-electron chi connectivity index (χ0n) is 14.1. The molecular weight excluding hydrogens is 330 g/mol. The molecule has 0 saturated carbocycles. The number of fused-ring (bicyclic) bond motifs is 1. The summed E-state index contributed by atoms with van der Waals surface area (Å²) in [5.74, 6) is 0.749. The van der Waals surface area contributed by atoms with Crippen molar-refractivity contribution in [2.24, 2.45) is 10.7 Å². The van der Waals surface area contributed by atoms with Crippen molar-refractivity contribution in [3.05, 3.63) is 66.0 Å². The molecule has 0 radical (unpaired) electrons. The molecule has 1 aromatic heterocycles. The molecule has 1 atom stereocenters. The van der Waals surface area contributed by atoms with E-state index in [1.54, 1.807) is 11.8 Å². The second kappa shape index (κ2) is 6.29. The Balaban J connectivity index is 1.69. The van der Waals surface area contributed by atoms with Crippen molar-refractivity contribution in [3.8, 4) is 0 Å². The molecule has 0 fully saturated rings. The summed E-state index contributed by atoms with van der Waals surface area (Å²) in [6, 6.07) is 16.5. The normalized spacial score (nSPS) is 17.3. The van der Waals surface area contributed by atoms with Crippen LogP contribution in [0.2, 0.25) is 0 Å². The van der Waals surface area contributed by atoms with Gasteiger partial charge in [0.25, 0.3) is 0 Å². The van der Waals surface area contributed by atoms with Gasteiger partial charge >= 0.3 is 0 Å². The predicted molar refractivity (Wildman–Crippen MR) is 107 cm³/mol. The topological polar surface area (TPSA) is 70.3 Å². The summed E-state index contributed by atoms with van der Waals surface area (Å²) in [4.78, 5) is 14.5. The first-order valence-electron chi connectivity index (χ1n) is 8.05. The fourth-order valence-electron chi connectivity index (χ4n) is 2.82. The molecule has 1 aliphatic rings. The summed E-state index contributed by atoms with van der Waals surface area (Å²) in [6.07, 6.45) is 2.11. The number of rotatable bonds is 3. The van der Waals surface area contributed by atoms with Crippen LogP contribution in [0, 0.1) is 0 Å². The number of aromatic amines is 1. The van der Waals surface area contributed by atoms with Crippen LogP contribution in [-0.2, 0) is 0 Å². The van der Waals surface area contributed by atoms with Gasteiger partial charge in [0.15, 0.2) is 11.0 Å². The average Bonchev–Trinajstić information content (AvgIpc) is 3.05. The van der Waals surface area contributed by atoms with E-state index in [1.807, 2.05) is 38.4 Å². The largest absolute Gasteiger partial charge is 0.378 e. The number of H-pyrrole nitrogens is 1. The van der Waals surface area contributed by atoms with E-state index >= 15 is 0 Å². The summed E-state index contributed by atoms with van der Waals surface area (Å²) in [5.41, 5.74) is 11.2. The number of benzene rings is 2. The lowest BCUT2D eigenvalue weighted by Crippen LogP contribution is -2.13. The summed E-state index contributed by atoms with van der Waals surface area (Å²) in [7, 11) is 4.07. The molecule has 2 heterocycles. The van der Waals surface area contributed by atoms with Gasteiger partial charge in [-0.1, -0.05) is 36.0 Å². The first-order valence-corrected chi connectivity index (χ1v) is 8.93. The molecule has 3 aromatic rings. The molecule has 1 aliphatic heterocycles. The monoisotopic (exact) mass is 349 g/mol. The van der Waals surface area contributed by atoms with Crippen LogP contribution < -0.4 is 10.6 Å². The predicted octanol–water partition coefficient (Wildman–Crippen LogP) is 3.77. The van der Waals surface area contributed by atoms with Crippen molar-refractivity contribution in [1.82, 2.24) is 9.97 Å². The number of hydrogen-bond acceptors (Lipinski definition) is 5. The molecule has 0 amide bonds. The Morgan fingerprint density at radius 1 is 1.08 bits per heavy atom. The molecule has 4 rings (SSSR count). The van der Waals surface area contributed by atoms with Crippen LogP contribution in [0.1, 0.15) is 16.6 Å². The number of aliphatic imine (C=N–C) groups is 1. The molecule has 1 unspecified atom stereocenters. The van der Waals surface area contributed by atoms with E-state index in [4.69, 9.17) is 5.73 Å². The third-order valence-corrected chi connectivity index (χ3v) is 5.15. The number of amidine groups is 1. The summed E-state index contributed by atoms with van der Waals surface area (Å²) < 4.78 is 0. The first kappa shape index (κ1) is 15.8. The zero-order chi connectivity index (χ0) is 17.4. The van der Waals surface area contributed by atoms with E-state index in [1.165, 1.54) is 11.3 Å². The van der Waals surface area contributed by atoms with Crippen molar-refractivity contribution in [1.29, 1.82) is 0 Å². The number of nitrogens with two attached hydrogens (primary N) is 1. The lowest BCUT2D eigenvalue weighted by Gasteiger charge is -2.19. The van der Waals surface area contributed by atoms with Crippen LogP contribution in [0.3, 0.4) is 0 Å². The molecule has 6 heteroatoms. The third-order valence-electron chi connectivity index (χ3n) is 4.16. The minimum absolute atomic E-state index is 0.122. The van der Waals surface area contributed by atoms with Crippen molar-refractivity contribution < 1.29 is 0 Å². The Bertz CT molecular complexity index is 936. The Hall–Kier alpha value is -2.73. The Morgan fingerprint density at radius 2 is 1.84 bits per heavy atom. The van der Waals surface area contributed by atoms with Crippen LogP contribution in [0.25, 0.3) is 16.7 Å². The summed E-state index contributed by atoms with van der Waals surface area (Å²) >= 11 is 1.56. The minimum Gasteiger partial charge on any atom is -0.378 e. The highest BCUT2D eigenvalue weighted by Crippen LogP contribution is 2.37. The van der Waals surface area contributed by atoms with Gasteiger partial charge < -0.3 is 15.6 Å². The van der Waals surface area contributed by atoms with Gasteiger partial charge in [0.1, 0.15) is 5.70 Å². The first-order chi connectivity index (χ1) is 12.1. The van der Waals surface area contributed by atoms with Crippen molar-refractivity contribution in [3.63, 3.8) is 0 Å². The van der Waals surface area contributed by atoms with E-state index in [2.05, 4.69) is 50.2 Å². The van der Waals surface area contributed by atoms with Gasteiger partial charge in [-0.05, 0) is 35.9 Å². The van der Waals surface area contributed by atoms with Crippen LogP contribution >= 0.6 is 11.8 Å². The molecule has 126 valence electrons. The molecule has 5 nitrogen and oxygen atoms in total. The second-order valence-electron chi connectivity index (χ2n) is 6.13. The van der Waals surface area contributed by atoms with Crippen LogP contribution in [0.4, 0.5) is 5.69 Å². The number of thioether (sulfide) groups is 1. The standard InChI is InChI=1S/C19H19N5S/c1-24(2)13-9-7-12(8-10-13)17-11-16(23-19(20)25-17)18-21-14-5-3-4-6-15(14)22-18/h3-11,17H,1-2H3,(H2,20,23)(H,21,22). The molecule has 2 aromatic carbocycles. The van der Waals surface area contributed by atoms with E-state index < -0.39 is 0 Å². The highest BCUT2D eigenvalue weighted by atomic mass is 32.2. The number of imidazole rings is 1. The van der Waals surface area contributed by atoms with E-state index in [-0.39, 0.29) is 5.25 Å². The molecule has 0 spiro atoms. The van der Waals surface area contributed by atoms with Crippen molar-refractivity contribution in [2.45, 2.75) is 5.25 Å². The minimum atomic E-state index is 0.122. The van der Waals surface area contributed by atoms with Crippen LogP contribution in [0.5, 0.6) is 0 Å². The van der Waals surface area contributed by atoms with E-state index in [9.17, 15) is 0 Å². The summed E-state index contributed by atoms with van der Waals surface area (Å²) in [6.45, 7) is 0. The number of anilines is 1. The molecule has 0 saturated heterocycles. The zero-order valence-corrected chi connectivity index (χ0v) is 14.9. The molecule has 0 bridgehead atoms. The highest BCUT2D eigenvalue weighted by molar-refractivity contribution is 8.14. The maximum absolute atomic E-state index is 6.08. The van der Waals surface area contributed by atoms with Crippen LogP contribution in [-0.4, -0.2) is 29.2 Å². The van der Waals surface area contributed by atoms with Gasteiger partial charge in [0, 0.05) is 19.8 Å². The SMILES string of the molecule is CN(C)c1ccc(C2C=C(c3nc4ccccc4[nH]3)N=C(N)S2)cc1. The number of hydrogen-bond donors (Lipinski definition) is 2. The van der Waals surface area contributed by atoms with Gasteiger partial charge in [0.2, 0.25) is 0 Å². The van der Waals surface area contributed by atoms with Gasteiger partial charge in [0.05, 0.1) is 16.3 Å². The number of nitrogens with zero attached hydrogens (tertiary/aromatic N) is 3. The Labute approximate surface area is 150 Å². The maximum Gasteiger partial charge on any atom is 0.160 e. The molecule has 3 N–H and O–H groups in total. The number of aromatic nitrogens is 2. The Morgan fingerprint density at radius 3 is 2.56 bits per heavy atom. The van der Waals surface area contributed by atoms with Gasteiger partial charge in [-0.25, -0.2) is 9.98 Å². The smallest absolute Gasteiger partial charge is 0.160 e. The molecular formula is C19H19N5S. The lowest BCUT2D eigenvalue weighted by molar-refractivity contribution is 1.12. The lowest BCUT2D eigenvalue weighted by atomic mass is 10.1. The van der Waals surface area contributed by atoms with Crippen molar-refractivity contribution in [2.75, 3.05) is 19.0 Å². The van der Waals surface area contributed by atoms with E-state index in [0.717, 1.165) is 22.6 Å². The van der Waals surface area contributed by atoms with Gasteiger partial charge in [-0.15, -0.1) is 0 Å². The van der Waals surface area contributed by atoms with Crippen molar-refractivity contribution >= 4 is 39.3 Å². The molecule has 0 aliphatic carbocycles. The fraction of sp³-hybridized carbons (Fsp3) is 0.158. The van der Waals surface area contributed by atoms with E-state index in [0.29, 0.717) is 5.17 Å². The third kappa shape index (κ3) is 3.13.